The van der Waals surface area contributed by atoms with Crippen molar-refractivity contribution in [3.8, 4) is 0 Å². The second-order valence-electron chi connectivity index (χ2n) is 9.03. The number of fused-ring (bicyclic) bond motifs is 4. The number of nitrogens with two attached hydrogens (primary N) is 1. The third-order valence-corrected chi connectivity index (χ3v) is 6.76. The fraction of sp³-hybridized carbons (Fsp3) is 0.333. The number of rotatable bonds is 3. The summed E-state index contributed by atoms with van der Waals surface area (Å²) in [4.78, 5) is 27.8. The number of likely N-dealkylation sites (N-methyl/N-ethyl adjacent to an activating group) is 1. The number of halogens is 3. The smallest absolute Gasteiger partial charge is 0.382 e. The summed E-state index contributed by atoms with van der Waals surface area (Å²) in [5, 5.41) is 0. The molecule has 4 heterocycles. The lowest BCUT2D eigenvalue weighted by molar-refractivity contribution is -0.141. The molecular formula is C24H21F3N6O2. The van der Waals surface area contributed by atoms with Crippen LogP contribution in [-0.4, -0.2) is 43.8 Å². The molecule has 1 aliphatic heterocycles. The SMILES string of the molecule is CN(C(=O)c1cc2c(cc1C1CC1)nc(N)c1cncn12)C1COCc2nc(C(F)(F)F)ccc21. The van der Waals surface area contributed by atoms with E-state index in [9.17, 15) is 18.0 Å². The summed E-state index contributed by atoms with van der Waals surface area (Å²) >= 11 is 0. The number of amides is 1. The van der Waals surface area contributed by atoms with E-state index >= 15 is 0 Å². The topological polar surface area (TPSA) is 98.6 Å². The highest BCUT2D eigenvalue weighted by atomic mass is 19.4. The van der Waals surface area contributed by atoms with Crippen molar-refractivity contribution in [1.82, 2.24) is 24.3 Å². The largest absolute Gasteiger partial charge is 0.433 e. The number of imidazole rings is 1. The highest BCUT2D eigenvalue weighted by Gasteiger charge is 2.37. The zero-order valence-electron chi connectivity index (χ0n) is 18.7. The quantitative estimate of drug-likeness (QED) is 0.472. The van der Waals surface area contributed by atoms with Gasteiger partial charge in [0.15, 0.2) is 0 Å². The molecule has 1 unspecified atom stereocenters. The number of nitrogens with zero attached hydrogens (tertiary/aromatic N) is 5. The van der Waals surface area contributed by atoms with E-state index in [-0.39, 0.29) is 30.7 Å². The lowest BCUT2D eigenvalue weighted by Crippen LogP contribution is -2.37. The van der Waals surface area contributed by atoms with Crippen LogP contribution in [0.4, 0.5) is 19.0 Å². The van der Waals surface area contributed by atoms with E-state index in [1.807, 2.05) is 6.07 Å². The fourth-order valence-corrected chi connectivity index (χ4v) is 4.75. The Kier molecular flexibility index (Phi) is 4.75. The Hall–Kier alpha value is -3.73. The van der Waals surface area contributed by atoms with Gasteiger partial charge in [-0.05, 0) is 42.5 Å². The second kappa shape index (κ2) is 7.64. The van der Waals surface area contributed by atoms with Gasteiger partial charge in [0.1, 0.15) is 17.0 Å². The van der Waals surface area contributed by atoms with Gasteiger partial charge in [-0.3, -0.25) is 9.20 Å². The summed E-state index contributed by atoms with van der Waals surface area (Å²) in [7, 11) is 1.64. The maximum Gasteiger partial charge on any atom is 0.433 e. The van der Waals surface area contributed by atoms with Crippen LogP contribution in [0.25, 0.3) is 16.6 Å². The first-order valence-electron chi connectivity index (χ1n) is 11.2. The molecule has 4 aromatic rings. The standard InChI is InChI=1S/C24H21F3N6O2/c1-32(20-10-35-9-17-13(20)4-5-21(30-17)24(25,26)27)23(34)15-7-18-16(6-14(15)12-2-3-12)31-22(28)19-8-29-11-33(18)19/h4-8,11-12,20H,2-3,9-10H2,1H3,(H2,28,31). The molecule has 180 valence electrons. The van der Waals surface area contributed by atoms with Crippen molar-refractivity contribution in [2.75, 3.05) is 19.4 Å². The van der Waals surface area contributed by atoms with E-state index in [1.165, 1.54) is 11.0 Å². The molecule has 1 atom stereocenters. The summed E-state index contributed by atoms with van der Waals surface area (Å²) in [6, 6.07) is 5.49. The van der Waals surface area contributed by atoms with Crippen molar-refractivity contribution in [1.29, 1.82) is 0 Å². The molecule has 0 radical (unpaired) electrons. The number of hydrogen-bond donors (Lipinski definition) is 1. The van der Waals surface area contributed by atoms with Crippen molar-refractivity contribution < 1.29 is 22.7 Å². The lowest BCUT2D eigenvalue weighted by Gasteiger charge is -2.33. The molecule has 1 aliphatic carbocycles. The summed E-state index contributed by atoms with van der Waals surface area (Å²) in [6.45, 7) is 0.130. The Morgan fingerprint density at radius 3 is 2.71 bits per heavy atom. The van der Waals surface area contributed by atoms with Gasteiger partial charge in [-0.1, -0.05) is 6.07 Å². The number of carbonyl (C=O) groups excluding carboxylic acids is 1. The summed E-state index contributed by atoms with van der Waals surface area (Å²) in [5.41, 5.74) is 9.30. The number of aromatic nitrogens is 4. The second-order valence-corrected chi connectivity index (χ2v) is 9.03. The van der Waals surface area contributed by atoms with Gasteiger partial charge < -0.3 is 15.4 Å². The third kappa shape index (κ3) is 3.57. The lowest BCUT2D eigenvalue weighted by atomic mass is 9.97. The van der Waals surface area contributed by atoms with Gasteiger partial charge in [0.25, 0.3) is 5.91 Å². The minimum atomic E-state index is -4.55. The van der Waals surface area contributed by atoms with Crippen LogP contribution in [-0.2, 0) is 17.5 Å². The Bertz CT molecular complexity index is 1490. The van der Waals surface area contributed by atoms with Crippen LogP contribution in [0.1, 0.15) is 57.7 Å². The Morgan fingerprint density at radius 1 is 1.17 bits per heavy atom. The minimum Gasteiger partial charge on any atom is -0.382 e. The molecule has 8 nitrogen and oxygen atoms in total. The number of hydrogen-bond acceptors (Lipinski definition) is 6. The average Bonchev–Trinajstić information content (AvgIpc) is 3.56. The minimum absolute atomic E-state index is 0.0349. The van der Waals surface area contributed by atoms with Crippen molar-refractivity contribution in [3.63, 3.8) is 0 Å². The molecule has 2 aliphatic rings. The van der Waals surface area contributed by atoms with Crippen LogP contribution in [0, 0.1) is 0 Å². The van der Waals surface area contributed by atoms with Gasteiger partial charge in [0, 0.05) is 18.2 Å². The average molecular weight is 482 g/mol. The van der Waals surface area contributed by atoms with E-state index in [0.29, 0.717) is 33.5 Å². The van der Waals surface area contributed by atoms with Gasteiger partial charge >= 0.3 is 6.18 Å². The first kappa shape index (κ1) is 21.8. The molecule has 35 heavy (non-hydrogen) atoms. The predicted molar refractivity (Wildman–Crippen MR) is 121 cm³/mol. The van der Waals surface area contributed by atoms with Crippen LogP contribution in [0.3, 0.4) is 0 Å². The zero-order valence-corrected chi connectivity index (χ0v) is 18.7. The molecule has 11 heteroatoms. The molecule has 0 bridgehead atoms. The Labute approximate surface area is 197 Å². The number of nitrogen functional groups attached to an aromatic ring is 1. The van der Waals surface area contributed by atoms with Crippen molar-refractivity contribution >= 4 is 28.3 Å². The van der Waals surface area contributed by atoms with Crippen molar-refractivity contribution in [2.45, 2.75) is 37.6 Å². The summed E-state index contributed by atoms with van der Waals surface area (Å²) in [6.07, 6.45) is 0.627. The van der Waals surface area contributed by atoms with Gasteiger partial charge in [-0.25, -0.2) is 15.0 Å². The molecule has 6 rings (SSSR count). The molecule has 1 aromatic carbocycles. The number of benzene rings is 1. The first-order valence-corrected chi connectivity index (χ1v) is 11.2. The van der Waals surface area contributed by atoms with E-state index in [0.717, 1.165) is 24.5 Å². The van der Waals surface area contributed by atoms with Crippen LogP contribution >= 0.6 is 0 Å². The third-order valence-electron chi connectivity index (χ3n) is 6.76. The van der Waals surface area contributed by atoms with Gasteiger partial charge in [0.05, 0.1) is 48.5 Å². The normalized spacial score (nSPS) is 18.1. The Morgan fingerprint density at radius 2 is 1.97 bits per heavy atom. The molecule has 1 amide bonds. The molecule has 0 saturated heterocycles. The highest BCUT2D eigenvalue weighted by Crippen LogP contribution is 2.44. The fourth-order valence-electron chi connectivity index (χ4n) is 4.75. The van der Waals surface area contributed by atoms with Gasteiger partial charge in [-0.15, -0.1) is 0 Å². The number of alkyl halides is 3. The monoisotopic (exact) mass is 482 g/mol. The molecule has 0 spiro atoms. The summed E-state index contributed by atoms with van der Waals surface area (Å²) < 4.78 is 46.8. The molecule has 1 fully saturated rings. The molecular weight excluding hydrogens is 461 g/mol. The molecule has 3 aromatic heterocycles. The van der Waals surface area contributed by atoms with Gasteiger partial charge in [-0.2, -0.15) is 13.2 Å². The Balaban J connectivity index is 1.42. The summed E-state index contributed by atoms with van der Waals surface area (Å²) in [5.74, 6) is 0.356. The number of anilines is 1. The zero-order chi connectivity index (χ0) is 24.5. The maximum absolute atomic E-state index is 13.8. The molecule has 2 N–H and O–H groups in total. The van der Waals surface area contributed by atoms with Crippen LogP contribution < -0.4 is 5.73 Å². The predicted octanol–water partition coefficient (Wildman–Crippen LogP) is 4.10. The number of carbonyl (C=O) groups is 1. The van der Waals surface area contributed by atoms with E-state index in [2.05, 4.69) is 15.0 Å². The van der Waals surface area contributed by atoms with Crippen molar-refractivity contribution in [3.05, 3.63) is 64.9 Å². The van der Waals surface area contributed by atoms with Crippen LogP contribution in [0.2, 0.25) is 0 Å². The molecule has 1 saturated carbocycles. The van der Waals surface area contributed by atoms with E-state index in [1.54, 1.807) is 30.0 Å². The maximum atomic E-state index is 13.8. The number of ether oxygens (including phenoxy) is 1. The first-order chi connectivity index (χ1) is 16.7. The van der Waals surface area contributed by atoms with Gasteiger partial charge in [0.2, 0.25) is 0 Å². The van der Waals surface area contributed by atoms with Crippen LogP contribution in [0.5, 0.6) is 0 Å². The highest BCUT2D eigenvalue weighted by molar-refractivity contribution is 6.00. The van der Waals surface area contributed by atoms with E-state index < -0.39 is 17.9 Å². The number of pyridine rings is 1. The van der Waals surface area contributed by atoms with Crippen LogP contribution in [0.15, 0.2) is 36.8 Å². The van der Waals surface area contributed by atoms with E-state index in [4.69, 9.17) is 10.5 Å². The van der Waals surface area contributed by atoms with Crippen molar-refractivity contribution in [2.24, 2.45) is 0 Å².